The van der Waals surface area contributed by atoms with Crippen LogP contribution >= 0.6 is 0 Å². The van der Waals surface area contributed by atoms with Crippen molar-refractivity contribution >= 4 is 33.8 Å². The molecule has 0 saturated carbocycles. The van der Waals surface area contributed by atoms with Crippen LogP contribution in [0.2, 0.25) is 0 Å². The number of carbonyl (C=O) groups excluding carboxylic acids is 2. The Labute approximate surface area is 175 Å². The quantitative estimate of drug-likeness (QED) is 0.723. The topological polar surface area (TPSA) is 79.8 Å². The number of piperidine rings is 2. The summed E-state index contributed by atoms with van der Waals surface area (Å²) in [4.78, 5) is 29.8. The van der Waals surface area contributed by atoms with Crippen molar-refractivity contribution in [1.82, 2.24) is 9.80 Å². The van der Waals surface area contributed by atoms with Gasteiger partial charge in [0, 0.05) is 29.4 Å². The molecule has 5 rings (SSSR count). The van der Waals surface area contributed by atoms with Crippen LogP contribution < -0.4 is 5.73 Å². The van der Waals surface area contributed by atoms with Crippen molar-refractivity contribution in [2.24, 2.45) is 5.73 Å². The van der Waals surface area contributed by atoms with E-state index in [1.165, 1.54) is 6.42 Å². The number of nitrogens with two attached hydrogens (primary N) is 1. The predicted molar refractivity (Wildman–Crippen MR) is 116 cm³/mol. The molecule has 2 aromatic carbocycles. The molecular weight excluding hydrogens is 378 g/mol. The molecule has 0 spiro atoms. The minimum atomic E-state index is -0.609. The lowest BCUT2D eigenvalue weighted by Crippen LogP contribution is -2.63. The molecule has 0 atom stereocenters. The van der Waals surface area contributed by atoms with Gasteiger partial charge >= 0.3 is 0 Å². The number of primary amides is 1. The summed E-state index contributed by atoms with van der Waals surface area (Å²) >= 11 is 0. The third kappa shape index (κ3) is 3.06. The fourth-order valence-corrected chi connectivity index (χ4v) is 5.16. The molecule has 2 aliphatic rings. The highest BCUT2D eigenvalue weighted by Crippen LogP contribution is 2.33. The van der Waals surface area contributed by atoms with Crippen molar-refractivity contribution in [2.45, 2.75) is 37.6 Å². The van der Waals surface area contributed by atoms with E-state index >= 15 is 0 Å². The van der Waals surface area contributed by atoms with Gasteiger partial charge in [-0.05, 0) is 63.0 Å². The zero-order valence-corrected chi connectivity index (χ0v) is 17.1. The largest absolute Gasteiger partial charge is 0.456 e. The number of hydrogen-bond acceptors (Lipinski definition) is 4. The molecule has 3 aromatic rings. The Morgan fingerprint density at radius 3 is 2.30 bits per heavy atom. The molecule has 6 heteroatoms. The smallest absolute Gasteiger partial charge is 0.253 e. The molecule has 0 aliphatic carbocycles. The second-order valence-corrected chi connectivity index (χ2v) is 8.54. The van der Waals surface area contributed by atoms with Crippen LogP contribution in [0, 0.1) is 0 Å². The molecule has 2 fully saturated rings. The normalized spacial score (nSPS) is 19.9. The van der Waals surface area contributed by atoms with Crippen molar-refractivity contribution in [3.05, 3.63) is 48.0 Å². The van der Waals surface area contributed by atoms with Gasteiger partial charge in [-0.25, -0.2) is 0 Å². The molecule has 0 bridgehead atoms. The molecule has 156 valence electrons. The van der Waals surface area contributed by atoms with Crippen LogP contribution in [-0.2, 0) is 4.79 Å². The van der Waals surface area contributed by atoms with E-state index in [0.717, 1.165) is 47.9 Å². The number of furan rings is 1. The van der Waals surface area contributed by atoms with Gasteiger partial charge < -0.3 is 15.1 Å². The first-order valence-corrected chi connectivity index (χ1v) is 10.8. The standard InChI is InChI=1S/C24H27N3O3/c25-23(29)24(27-12-4-1-5-13-27)10-14-26(15-11-24)22(28)17-8-9-21-19(16-17)18-6-2-3-7-20(18)30-21/h2-3,6-9,16H,1,4-5,10-15H2,(H2,25,29). The minimum absolute atomic E-state index is 0.00102. The van der Waals surface area contributed by atoms with Crippen LogP contribution in [0.25, 0.3) is 21.9 Å². The molecule has 2 N–H and O–H groups in total. The zero-order valence-electron chi connectivity index (χ0n) is 17.1. The number of hydrogen-bond donors (Lipinski definition) is 1. The average molecular weight is 405 g/mol. The van der Waals surface area contributed by atoms with E-state index < -0.39 is 5.54 Å². The Bertz CT molecular complexity index is 1110. The number of para-hydroxylation sites is 1. The van der Waals surface area contributed by atoms with Crippen molar-refractivity contribution in [3.8, 4) is 0 Å². The number of fused-ring (bicyclic) bond motifs is 3. The van der Waals surface area contributed by atoms with E-state index in [1.54, 1.807) is 0 Å². The third-order valence-corrected chi connectivity index (χ3v) is 6.92. The summed E-state index contributed by atoms with van der Waals surface area (Å²) in [6.45, 7) is 2.92. The van der Waals surface area contributed by atoms with Gasteiger partial charge in [0.15, 0.2) is 0 Å². The van der Waals surface area contributed by atoms with Gasteiger partial charge in [0.2, 0.25) is 5.91 Å². The fraction of sp³-hybridized carbons (Fsp3) is 0.417. The lowest BCUT2D eigenvalue weighted by molar-refractivity contribution is -0.134. The fourth-order valence-electron chi connectivity index (χ4n) is 5.16. The lowest BCUT2D eigenvalue weighted by Gasteiger charge is -2.48. The molecule has 6 nitrogen and oxygen atoms in total. The van der Waals surface area contributed by atoms with E-state index in [0.29, 0.717) is 31.5 Å². The molecule has 0 unspecified atom stereocenters. The first-order valence-electron chi connectivity index (χ1n) is 10.8. The van der Waals surface area contributed by atoms with E-state index in [9.17, 15) is 9.59 Å². The van der Waals surface area contributed by atoms with Gasteiger partial charge in [-0.15, -0.1) is 0 Å². The van der Waals surface area contributed by atoms with Gasteiger partial charge in [-0.1, -0.05) is 24.6 Å². The van der Waals surface area contributed by atoms with Crippen LogP contribution in [0.4, 0.5) is 0 Å². The maximum absolute atomic E-state index is 13.2. The van der Waals surface area contributed by atoms with Crippen LogP contribution in [0.5, 0.6) is 0 Å². The van der Waals surface area contributed by atoms with Gasteiger partial charge in [-0.2, -0.15) is 0 Å². The third-order valence-electron chi connectivity index (χ3n) is 6.92. The highest BCUT2D eigenvalue weighted by atomic mass is 16.3. The van der Waals surface area contributed by atoms with Gasteiger partial charge in [-0.3, -0.25) is 14.5 Å². The number of benzene rings is 2. The maximum atomic E-state index is 13.2. The van der Waals surface area contributed by atoms with Crippen LogP contribution in [0.3, 0.4) is 0 Å². The number of amides is 2. The summed E-state index contributed by atoms with van der Waals surface area (Å²) in [5.41, 5.74) is 7.52. The van der Waals surface area contributed by atoms with E-state index in [4.69, 9.17) is 10.2 Å². The summed E-state index contributed by atoms with van der Waals surface area (Å²) in [6.07, 6.45) is 4.63. The summed E-state index contributed by atoms with van der Waals surface area (Å²) in [7, 11) is 0. The number of carbonyl (C=O) groups is 2. The van der Waals surface area contributed by atoms with E-state index in [-0.39, 0.29) is 11.8 Å². The molecule has 2 amide bonds. The Kier molecular flexibility index (Phi) is 4.74. The Hall–Kier alpha value is -2.86. The predicted octanol–water partition coefficient (Wildman–Crippen LogP) is 3.53. The van der Waals surface area contributed by atoms with Crippen LogP contribution in [0.15, 0.2) is 46.9 Å². The zero-order chi connectivity index (χ0) is 20.7. The Morgan fingerprint density at radius 1 is 0.867 bits per heavy atom. The molecule has 0 radical (unpaired) electrons. The first kappa shape index (κ1) is 19.1. The highest BCUT2D eigenvalue weighted by Gasteiger charge is 2.45. The monoisotopic (exact) mass is 405 g/mol. The average Bonchev–Trinajstić information content (AvgIpc) is 3.17. The lowest BCUT2D eigenvalue weighted by atomic mass is 9.83. The summed E-state index contributed by atoms with van der Waals surface area (Å²) < 4.78 is 5.87. The molecular formula is C24H27N3O3. The van der Waals surface area contributed by atoms with E-state index in [2.05, 4.69) is 4.90 Å². The molecule has 1 aromatic heterocycles. The minimum Gasteiger partial charge on any atom is -0.456 e. The molecule has 3 heterocycles. The first-order chi connectivity index (χ1) is 14.6. The Balaban J connectivity index is 1.37. The van der Waals surface area contributed by atoms with Crippen LogP contribution in [-0.4, -0.2) is 53.3 Å². The number of rotatable bonds is 3. The summed E-state index contributed by atoms with van der Waals surface area (Å²) in [5, 5.41) is 1.96. The summed E-state index contributed by atoms with van der Waals surface area (Å²) in [5.74, 6) is -0.248. The van der Waals surface area contributed by atoms with Gasteiger partial charge in [0.1, 0.15) is 16.7 Å². The second-order valence-electron chi connectivity index (χ2n) is 8.54. The second kappa shape index (κ2) is 7.43. The molecule has 2 saturated heterocycles. The highest BCUT2D eigenvalue weighted by molar-refractivity contribution is 6.08. The summed E-state index contributed by atoms with van der Waals surface area (Å²) in [6, 6.07) is 13.5. The molecule has 30 heavy (non-hydrogen) atoms. The van der Waals surface area contributed by atoms with Crippen molar-refractivity contribution < 1.29 is 14.0 Å². The van der Waals surface area contributed by atoms with Crippen molar-refractivity contribution in [2.75, 3.05) is 26.2 Å². The number of nitrogens with zero attached hydrogens (tertiary/aromatic N) is 2. The van der Waals surface area contributed by atoms with Gasteiger partial charge in [0.05, 0.1) is 0 Å². The Morgan fingerprint density at radius 2 is 1.57 bits per heavy atom. The maximum Gasteiger partial charge on any atom is 0.253 e. The van der Waals surface area contributed by atoms with Crippen molar-refractivity contribution in [3.63, 3.8) is 0 Å². The van der Waals surface area contributed by atoms with Crippen LogP contribution in [0.1, 0.15) is 42.5 Å². The van der Waals surface area contributed by atoms with Crippen molar-refractivity contribution in [1.29, 1.82) is 0 Å². The van der Waals surface area contributed by atoms with Gasteiger partial charge in [0.25, 0.3) is 5.91 Å². The molecule has 2 aliphatic heterocycles. The van der Waals surface area contributed by atoms with E-state index in [1.807, 2.05) is 47.4 Å². The number of likely N-dealkylation sites (tertiary alicyclic amines) is 2. The SMILES string of the molecule is NC(=O)C1(N2CCCCC2)CCN(C(=O)c2ccc3oc4ccccc4c3c2)CC1.